The first kappa shape index (κ1) is 8.09. The number of ether oxygens (including phenoxy) is 1. The van der Waals surface area contributed by atoms with Gasteiger partial charge in [0.1, 0.15) is 0 Å². The van der Waals surface area contributed by atoms with Crippen LogP contribution in [0.1, 0.15) is 20.3 Å². The van der Waals surface area contributed by atoms with Crippen LogP contribution in [-0.2, 0) is 4.74 Å². The lowest BCUT2D eigenvalue weighted by atomic mass is 10.3. The second-order valence-corrected chi connectivity index (χ2v) is 3.34. The molecule has 0 aromatic heterocycles. The first-order chi connectivity index (χ1) is 4.70. The van der Waals surface area contributed by atoms with Gasteiger partial charge in [-0.05, 0) is 20.3 Å². The van der Waals surface area contributed by atoms with E-state index in [1.54, 1.807) is 0 Å². The van der Waals surface area contributed by atoms with Crippen LogP contribution in [0.15, 0.2) is 12.2 Å². The molecule has 58 valence electrons. The van der Waals surface area contributed by atoms with Crippen LogP contribution < -0.4 is 0 Å². The van der Waals surface area contributed by atoms with E-state index >= 15 is 0 Å². The summed E-state index contributed by atoms with van der Waals surface area (Å²) in [5, 5.41) is 0.0856. The van der Waals surface area contributed by atoms with Crippen molar-refractivity contribution in [3.05, 3.63) is 12.2 Å². The van der Waals surface area contributed by atoms with E-state index in [0.717, 1.165) is 6.42 Å². The molecule has 1 rings (SSSR count). The third-order valence-electron chi connectivity index (χ3n) is 1.49. The number of hydrogen-bond acceptors (Lipinski definition) is 1. The van der Waals surface area contributed by atoms with Gasteiger partial charge >= 0.3 is 0 Å². The highest BCUT2D eigenvalue weighted by Crippen LogP contribution is 2.20. The molecule has 0 heterocycles. The van der Waals surface area contributed by atoms with Gasteiger partial charge < -0.3 is 4.74 Å². The minimum atomic E-state index is 0.0856. The van der Waals surface area contributed by atoms with Crippen molar-refractivity contribution >= 4 is 11.6 Å². The van der Waals surface area contributed by atoms with E-state index in [1.165, 1.54) is 0 Å². The molecule has 0 saturated heterocycles. The number of alkyl halides is 1. The Morgan fingerprint density at radius 1 is 1.60 bits per heavy atom. The molecule has 0 N–H and O–H groups in total. The van der Waals surface area contributed by atoms with E-state index in [0.29, 0.717) is 0 Å². The third-order valence-corrected chi connectivity index (χ3v) is 1.92. The standard InChI is InChI=1S/C8H13ClO/c1-6(2)10-8-5-3-4-7(8)9/h3-4,6-8H,5H2,1-2H3. The van der Waals surface area contributed by atoms with Gasteiger partial charge in [0.05, 0.1) is 17.6 Å². The summed E-state index contributed by atoms with van der Waals surface area (Å²) in [5.41, 5.74) is 0. The van der Waals surface area contributed by atoms with Gasteiger partial charge in [0.2, 0.25) is 0 Å². The van der Waals surface area contributed by atoms with Gasteiger partial charge in [-0.15, -0.1) is 11.6 Å². The van der Waals surface area contributed by atoms with Gasteiger partial charge in [0, 0.05) is 0 Å². The van der Waals surface area contributed by atoms with Crippen LogP contribution in [0.3, 0.4) is 0 Å². The summed E-state index contributed by atoms with van der Waals surface area (Å²) in [6.07, 6.45) is 5.53. The Kier molecular flexibility index (Phi) is 2.75. The van der Waals surface area contributed by atoms with Crippen molar-refractivity contribution in [2.75, 3.05) is 0 Å². The Hall–Kier alpha value is -0.0100. The molecule has 2 unspecified atom stereocenters. The predicted molar refractivity (Wildman–Crippen MR) is 43.4 cm³/mol. The summed E-state index contributed by atoms with van der Waals surface area (Å²) in [4.78, 5) is 0. The van der Waals surface area contributed by atoms with Gasteiger partial charge in [-0.2, -0.15) is 0 Å². The molecule has 1 nitrogen and oxygen atoms in total. The Morgan fingerprint density at radius 3 is 2.70 bits per heavy atom. The van der Waals surface area contributed by atoms with Gasteiger partial charge in [-0.25, -0.2) is 0 Å². The molecular formula is C8H13ClO. The summed E-state index contributed by atoms with van der Waals surface area (Å²) >= 11 is 5.91. The van der Waals surface area contributed by atoms with Crippen LogP contribution in [0.5, 0.6) is 0 Å². The quantitative estimate of drug-likeness (QED) is 0.445. The normalized spacial score (nSPS) is 32.0. The van der Waals surface area contributed by atoms with E-state index in [-0.39, 0.29) is 17.6 Å². The van der Waals surface area contributed by atoms with E-state index in [9.17, 15) is 0 Å². The van der Waals surface area contributed by atoms with E-state index in [2.05, 4.69) is 6.08 Å². The molecule has 0 amide bonds. The van der Waals surface area contributed by atoms with E-state index in [4.69, 9.17) is 16.3 Å². The Bertz CT molecular complexity index is 131. The molecule has 0 radical (unpaired) electrons. The SMILES string of the molecule is CC(C)OC1CC=CC1Cl. The molecule has 2 atom stereocenters. The summed E-state index contributed by atoms with van der Waals surface area (Å²) in [6, 6.07) is 0. The van der Waals surface area contributed by atoms with Crippen molar-refractivity contribution < 1.29 is 4.74 Å². The molecule has 2 heteroatoms. The van der Waals surface area contributed by atoms with Crippen molar-refractivity contribution in [2.45, 2.75) is 37.9 Å². The first-order valence-corrected chi connectivity index (χ1v) is 4.10. The lowest BCUT2D eigenvalue weighted by molar-refractivity contribution is 0.0177. The van der Waals surface area contributed by atoms with Gasteiger partial charge in [0.15, 0.2) is 0 Å². The predicted octanol–water partition coefficient (Wildman–Crippen LogP) is 2.35. The molecule has 0 spiro atoms. The van der Waals surface area contributed by atoms with Crippen LogP contribution in [-0.4, -0.2) is 17.6 Å². The lowest BCUT2D eigenvalue weighted by Crippen LogP contribution is -2.22. The first-order valence-electron chi connectivity index (χ1n) is 3.66. The molecule has 1 aliphatic rings. The molecule has 10 heavy (non-hydrogen) atoms. The van der Waals surface area contributed by atoms with Crippen molar-refractivity contribution in [1.29, 1.82) is 0 Å². The van der Waals surface area contributed by atoms with E-state index in [1.807, 2.05) is 19.9 Å². The molecule has 1 aliphatic carbocycles. The second-order valence-electron chi connectivity index (χ2n) is 2.83. The van der Waals surface area contributed by atoms with E-state index < -0.39 is 0 Å². The van der Waals surface area contributed by atoms with Crippen LogP contribution in [0.2, 0.25) is 0 Å². The maximum absolute atomic E-state index is 5.91. The van der Waals surface area contributed by atoms with Crippen molar-refractivity contribution in [2.24, 2.45) is 0 Å². The number of hydrogen-bond donors (Lipinski definition) is 0. The Labute approximate surface area is 67.0 Å². The summed E-state index contributed by atoms with van der Waals surface area (Å²) < 4.78 is 5.53. The highest BCUT2D eigenvalue weighted by atomic mass is 35.5. The lowest BCUT2D eigenvalue weighted by Gasteiger charge is -2.17. The van der Waals surface area contributed by atoms with Crippen molar-refractivity contribution in [3.63, 3.8) is 0 Å². The zero-order chi connectivity index (χ0) is 7.56. The molecule has 0 aromatic carbocycles. The van der Waals surface area contributed by atoms with Gasteiger partial charge in [0.25, 0.3) is 0 Å². The molecule has 0 aliphatic heterocycles. The maximum Gasteiger partial charge on any atom is 0.0811 e. The minimum absolute atomic E-state index is 0.0856. The average Bonchev–Trinajstić information content (AvgIpc) is 2.15. The zero-order valence-electron chi connectivity index (χ0n) is 6.38. The minimum Gasteiger partial charge on any atom is -0.373 e. The smallest absolute Gasteiger partial charge is 0.0811 e. The fourth-order valence-corrected chi connectivity index (χ4v) is 1.34. The third kappa shape index (κ3) is 1.99. The summed E-state index contributed by atoms with van der Waals surface area (Å²) in [7, 11) is 0. The molecule has 0 saturated carbocycles. The Balaban J connectivity index is 2.30. The van der Waals surface area contributed by atoms with Gasteiger partial charge in [-0.3, -0.25) is 0 Å². The summed E-state index contributed by atoms with van der Waals surface area (Å²) in [5.74, 6) is 0. The molecule has 0 bridgehead atoms. The van der Waals surface area contributed by atoms with Crippen LogP contribution in [0, 0.1) is 0 Å². The number of rotatable bonds is 2. The van der Waals surface area contributed by atoms with Crippen molar-refractivity contribution in [1.82, 2.24) is 0 Å². The fourth-order valence-electron chi connectivity index (χ4n) is 1.08. The zero-order valence-corrected chi connectivity index (χ0v) is 7.14. The maximum atomic E-state index is 5.91. The highest BCUT2D eigenvalue weighted by molar-refractivity contribution is 6.22. The summed E-state index contributed by atoms with van der Waals surface area (Å²) in [6.45, 7) is 4.06. The monoisotopic (exact) mass is 160 g/mol. The highest BCUT2D eigenvalue weighted by Gasteiger charge is 2.21. The largest absolute Gasteiger partial charge is 0.373 e. The average molecular weight is 161 g/mol. The number of halogens is 1. The Morgan fingerprint density at radius 2 is 2.30 bits per heavy atom. The molecule has 0 fully saturated rings. The molecular weight excluding hydrogens is 148 g/mol. The van der Waals surface area contributed by atoms with Crippen LogP contribution >= 0.6 is 11.6 Å². The van der Waals surface area contributed by atoms with Crippen LogP contribution in [0.25, 0.3) is 0 Å². The van der Waals surface area contributed by atoms with Crippen molar-refractivity contribution in [3.8, 4) is 0 Å². The topological polar surface area (TPSA) is 9.23 Å². The van der Waals surface area contributed by atoms with Gasteiger partial charge in [-0.1, -0.05) is 12.2 Å². The molecule has 0 aromatic rings. The second kappa shape index (κ2) is 3.40. The fraction of sp³-hybridized carbons (Fsp3) is 0.750. The van der Waals surface area contributed by atoms with Crippen LogP contribution in [0.4, 0.5) is 0 Å².